The molecule has 0 bridgehead atoms. The van der Waals surface area contributed by atoms with Gasteiger partial charge in [-0.2, -0.15) is 0 Å². The molecule has 94 valence electrons. The average molecular weight is 300 g/mol. The minimum absolute atomic E-state index is 0.193. The Balaban J connectivity index is 2.75. The van der Waals surface area contributed by atoms with Gasteiger partial charge in [0.25, 0.3) is 0 Å². The van der Waals surface area contributed by atoms with E-state index in [2.05, 4.69) is 15.9 Å². The van der Waals surface area contributed by atoms with Crippen LogP contribution >= 0.6 is 15.9 Å². The molecular weight excluding hydrogens is 282 g/mol. The molecule has 0 heterocycles. The smallest absolute Gasteiger partial charge is 0.313 e. The predicted molar refractivity (Wildman–Crippen MR) is 73.2 cm³/mol. The van der Waals surface area contributed by atoms with E-state index in [0.717, 1.165) is 10.2 Å². The maximum Gasteiger partial charge on any atom is 0.313 e. The quantitative estimate of drug-likeness (QED) is 0.800. The summed E-state index contributed by atoms with van der Waals surface area (Å²) in [6.45, 7) is 4.38. The van der Waals surface area contributed by atoms with Crippen LogP contribution in [0.3, 0.4) is 0 Å². The van der Waals surface area contributed by atoms with Crippen LogP contribution in [0, 0.1) is 5.41 Å². The number of hydrogen-bond acceptors (Lipinski definition) is 3. The average Bonchev–Trinajstić information content (AvgIpc) is 2.28. The van der Waals surface area contributed by atoms with Crippen LogP contribution < -0.4 is 4.90 Å². The van der Waals surface area contributed by atoms with E-state index in [1.807, 2.05) is 50.1 Å². The van der Waals surface area contributed by atoms with Crippen molar-refractivity contribution in [1.82, 2.24) is 0 Å². The summed E-state index contributed by atoms with van der Waals surface area (Å²) < 4.78 is 5.84. The molecule has 0 fully saturated rings. The summed E-state index contributed by atoms with van der Waals surface area (Å²) in [5.41, 5.74) is 0.557. The molecule has 0 aliphatic carbocycles. The number of benzene rings is 1. The molecule has 1 aromatic carbocycles. The first kappa shape index (κ1) is 14.0. The van der Waals surface area contributed by atoms with Crippen LogP contribution in [0.2, 0.25) is 0 Å². The molecule has 3 nitrogen and oxygen atoms in total. The fourth-order valence-electron chi connectivity index (χ4n) is 1.72. The summed E-state index contributed by atoms with van der Waals surface area (Å²) in [5.74, 6) is -0.193. The van der Waals surface area contributed by atoms with Crippen molar-refractivity contribution in [3.63, 3.8) is 0 Å². The molecule has 0 aliphatic heterocycles. The lowest BCUT2D eigenvalue weighted by molar-refractivity contribution is -0.150. The van der Waals surface area contributed by atoms with Crippen molar-refractivity contribution in [2.45, 2.75) is 13.8 Å². The van der Waals surface area contributed by atoms with Gasteiger partial charge in [-0.05, 0) is 38.1 Å². The third kappa shape index (κ3) is 3.73. The van der Waals surface area contributed by atoms with Gasteiger partial charge in [0.05, 0.1) is 12.5 Å². The van der Waals surface area contributed by atoms with Gasteiger partial charge in [-0.25, -0.2) is 0 Å². The van der Waals surface area contributed by atoms with Crippen LogP contribution in [0.5, 0.6) is 0 Å². The first-order valence-electron chi connectivity index (χ1n) is 5.42. The highest BCUT2D eigenvalue weighted by Crippen LogP contribution is 2.23. The van der Waals surface area contributed by atoms with Gasteiger partial charge >= 0.3 is 5.97 Å². The maximum atomic E-state index is 11.6. The van der Waals surface area contributed by atoms with E-state index in [1.165, 1.54) is 7.11 Å². The Morgan fingerprint density at radius 3 is 2.35 bits per heavy atom. The number of rotatable bonds is 4. The van der Waals surface area contributed by atoms with Crippen molar-refractivity contribution in [3.8, 4) is 0 Å². The zero-order valence-corrected chi connectivity index (χ0v) is 12.2. The number of ether oxygens (including phenoxy) is 1. The summed E-state index contributed by atoms with van der Waals surface area (Å²) in [7, 11) is 3.39. The number of esters is 1. The van der Waals surface area contributed by atoms with Crippen molar-refractivity contribution >= 4 is 27.6 Å². The third-order valence-corrected chi connectivity index (χ3v) is 3.17. The van der Waals surface area contributed by atoms with E-state index in [0.29, 0.717) is 6.54 Å². The van der Waals surface area contributed by atoms with Crippen molar-refractivity contribution in [3.05, 3.63) is 28.7 Å². The monoisotopic (exact) mass is 299 g/mol. The molecule has 1 aromatic rings. The molecule has 0 N–H and O–H groups in total. The molecule has 0 unspecified atom stereocenters. The normalized spacial score (nSPS) is 11.1. The molecular formula is C13H18BrNO2. The summed E-state index contributed by atoms with van der Waals surface area (Å²) in [6.07, 6.45) is 0. The fourth-order valence-corrected chi connectivity index (χ4v) is 1.98. The topological polar surface area (TPSA) is 29.5 Å². The van der Waals surface area contributed by atoms with Crippen LogP contribution in [-0.2, 0) is 9.53 Å². The Labute approximate surface area is 111 Å². The molecule has 0 amide bonds. The second-order valence-electron chi connectivity index (χ2n) is 4.71. The lowest BCUT2D eigenvalue weighted by Crippen LogP contribution is -2.38. The Morgan fingerprint density at radius 2 is 1.88 bits per heavy atom. The van der Waals surface area contributed by atoms with Gasteiger partial charge in [0.1, 0.15) is 0 Å². The molecule has 17 heavy (non-hydrogen) atoms. The van der Waals surface area contributed by atoms with E-state index in [9.17, 15) is 4.79 Å². The first-order chi connectivity index (χ1) is 7.86. The van der Waals surface area contributed by atoms with E-state index in [1.54, 1.807) is 0 Å². The molecule has 0 saturated heterocycles. The van der Waals surface area contributed by atoms with Gasteiger partial charge in [-0.1, -0.05) is 15.9 Å². The first-order valence-corrected chi connectivity index (χ1v) is 6.21. The van der Waals surface area contributed by atoms with E-state index in [-0.39, 0.29) is 5.97 Å². The Hall–Kier alpha value is -1.03. The minimum atomic E-state index is -0.517. The summed E-state index contributed by atoms with van der Waals surface area (Å²) in [5, 5.41) is 0. The highest BCUT2D eigenvalue weighted by molar-refractivity contribution is 9.10. The number of carbonyl (C=O) groups excluding carboxylic acids is 1. The van der Waals surface area contributed by atoms with Gasteiger partial charge < -0.3 is 9.64 Å². The number of halogens is 1. The van der Waals surface area contributed by atoms with Gasteiger partial charge in [-0.15, -0.1) is 0 Å². The fraction of sp³-hybridized carbons (Fsp3) is 0.462. The van der Waals surface area contributed by atoms with Crippen LogP contribution in [0.25, 0.3) is 0 Å². The number of carbonyl (C=O) groups is 1. The summed E-state index contributed by atoms with van der Waals surface area (Å²) in [4.78, 5) is 13.6. The summed E-state index contributed by atoms with van der Waals surface area (Å²) in [6, 6.07) is 7.99. The SMILES string of the molecule is COC(=O)C(C)(C)CN(C)c1ccc(Br)cc1. The predicted octanol–water partition coefficient (Wildman–Crippen LogP) is 3.08. The molecule has 0 saturated carbocycles. The number of nitrogens with zero attached hydrogens (tertiary/aromatic N) is 1. The number of hydrogen-bond donors (Lipinski definition) is 0. The van der Waals surface area contributed by atoms with Crippen LogP contribution in [0.1, 0.15) is 13.8 Å². The minimum Gasteiger partial charge on any atom is -0.469 e. The highest BCUT2D eigenvalue weighted by Gasteiger charge is 2.30. The Kier molecular flexibility index (Phi) is 4.57. The largest absolute Gasteiger partial charge is 0.469 e. The molecule has 4 heteroatoms. The lowest BCUT2D eigenvalue weighted by atomic mass is 9.93. The molecule has 0 atom stereocenters. The van der Waals surface area contributed by atoms with Gasteiger partial charge in [0.15, 0.2) is 0 Å². The third-order valence-electron chi connectivity index (χ3n) is 2.64. The Bertz CT molecular complexity index is 387. The van der Waals surface area contributed by atoms with Crippen molar-refractivity contribution in [2.24, 2.45) is 5.41 Å². The zero-order valence-electron chi connectivity index (χ0n) is 10.7. The maximum absolute atomic E-state index is 11.6. The molecule has 0 aromatic heterocycles. The lowest BCUT2D eigenvalue weighted by Gasteiger charge is -2.29. The second kappa shape index (κ2) is 5.54. The number of anilines is 1. The molecule has 0 radical (unpaired) electrons. The van der Waals surface area contributed by atoms with Crippen LogP contribution in [0.15, 0.2) is 28.7 Å². The van der Waals surface area contributed by atoms with Crippen molar-refractivity contribution in [1.29, 1.82) is 0 Å². The van der Waals surface area contributed by atoms with E-state index >= 15 is 0 Å². The van der Waals surface area contributed by atoms with Crippen molar-refractivity contribution < 1.29 is 9.53 Å². The van der Waals surface area contributed by atoms with Crippen LogP contribution in [0.4, 0.5) is 5.69 Å². The Morgan fingerprint density at radius 1 is 1.35 bits per heavy atom. The van der Waals surface area contributed by atoms with Gasteiger partial charge in [0, 0.05) is 23.8 Å². The van der Waals surface area contributed by atoms with E-state index < -0.39 is 5.41 Å². The zero-order chi connectivity index (χ0) is 13.1. The van der Waals surface area contributed by atoms with E-state index in [4.69, 9.17) is 4.74 Å². The highest BCUT2D eigenvalue weighted by atomic mass is 79.9. The molecule has 0 aliphatic rings. The number of methoxy groups -OCH3 is 1. The van der Waals surface area contributed by atoms with Crippen LogP contribution in [-0.4, -0.2) is 26.7 Å². The summed E-state index contributed by atoms with van der Waals surface area (Å²) >= 11 is 3.40. The van der Waals surface area contributed by atoms with Crippen molar-refractivity contribution in [2.75, 3.05) is 25.6 Å². The molecule has 1 rings (SSSR count). The van der Waals surface area contributed by atoms with Gasteiger partial charge in [0.2, 0.25) is 0 Å². The second-order valence-corrected chi connectivity index (χ2v) is 5.62. The van der Waals surface area contributed by atoms with Gasteiger partial charge in [-0.3, -0.25) is 4.79 Å². The standard InChI is InChI=1S/C13H18BrNO2/c1-13(2,12(16)17-4)9-15(3)11-7-5-10(14)6-8-11/h5-8H,9H2,1-4H3. The molecule has 0 spiro atoms.